The van der Waals surface area contributed by atoms with Gasteiger partial charge >= 0.3 is 6.09 Å². The van der Waals surface area contributed by atoms with Crippen molar-refractivity contribution in [2.24, 2.45) is 0 Å². The third-order valence-corrected chi connectivity index (χ3v) is 5.63. The molecule has 3 heterocycles. The van der Waals surface area contributed by atoms with Crippen LogP contribution in [0.2, 0.25) is 0 Å². The van der Waals surface area contributed by atoms with Gasteiger partial charge in [-0.25, -0.2) is 9.48 Å². The highest BCUT2D eigenvalue weighted by atomic mass is 16.6. The number of hydrogen-bond acceptors (Lipinski definition) is 7. The number of ether oxygens (including phenoxy) is 2. The molecule has 0 bridgehead atoms. The number of amides is 1. The van der Waals surface area contributed by atoms with Crippen LogP contribution in [-0.4, -0.2) is 55.9 Å². The molecule has 0 N–H and O–H groups in total. The molecular formula is C23H28N6O3. The number of pyridine rings is 1. The fourth-order valence-electron chi connectivity index (χ4n) is 3.69. The van der Waals surface area contributed by atoms with Gasteiger partial charge in [-0.05, 0) is 71.5 Å². The van der Waals surface area contributed by atoms with E-state index >= 15 is 0 Å². The second-order valence-electron chi connectivity index (χ2n) is 7.85. The van der Waals surface area contributed by atoms with Crippen molar-refractivity contribution >= 4 is 6.09 Å². The lowest BCUT2D eigenvalue weighted by Gasteiger charge is -2.31. The van der Waals surface area contributed by atoms with Gasteiger partial charge in [-0.2, -0.15) is 0 Å². The van der Waals surface area contributed by atoms with Crippen molar-refractivity contribution in [3.8, 4) is 11.4 Å². The van der Waals surface area contributed by atoms with Crippen LogP contribution in [0, 0.1) is 0 Å². The lowest BCUT2D eigenvalue weighted by atomic mass is 9.90. The van der Waals surface area contributed by atoms with E-state index in [1.54, 1.807) is 11.0 Å². The summed E-state index contributed by atoms with van der Waals surface area (Å²) in [6.07, 6.45) is 7.08. The molecule has 2 aromatic heterocycles. The van der Waals surface area contributed by atoms with E-state index in [9.17, 15) is 4.79 Å². The number of likely N-dealkylation sites (tertiary alicyclic amines) is 1. The molecule has 1 fully saturated rings. The summed E-state index contributed by atoms with van der Waals surface area (Å²) in [6.45, 7) is 4.43. The van der Waals surface area contributed by atoms with Crippen LogP contribution in [0.3, 0.4) is 0 Å². The number of aromatic nitrogens is 5. The van der Waals surface area contributed by atoms with Gasteiger partial charge in [0.1, 0.15) is 18.7 Å². The van der Waals surface area contributed by atoms with E-state index in [4.69, 9.17) is 9.47 Å². The monoisotopic (exact) mass is 436 g/mol. The van der Waals surface area contributed by atoms with Crippen molar-refractivity contribution in [2.75, 3.05) is 19.7 Å². The van der Waals surface area contributed by atoms with Crippen molar-refractivity contribution in [3.05, 3.63) is 60.2 Å². The second kappa shape index (κ2) is 10.7. The molecule has 1 aliphatic heterocycles. The largest absolute Gasteiger partial charge is 0.487 e. The summed E-state index contributed by atoms with van der Waals surface area (Å²) in [5.74, 6) is 1.17. The molecule has 0 saturated carbocycles. The smallest absolute Gasteiger partial charge is 0.409 e. The van der Waals surface area contributed by atoms with Gasteiger partial charge in [0.25, 0.3) is 0 Å². The van der Waals surface area contributed by atoms with Gasteiger partial charge in [-0.15, -0.1) is 5.10 Å². The second-order valence-corrected chi connectivity index (χ2v) is 7.85. The maximum atomic E-state index is 12.1. The first-order valence-electron chi connectivity index (χ1n) is 11.1. The molecule has 0 aliphatic carbocycles. The summed E-state index contributed by atoms with van der Waals surface area (Å²) in [6, 6.07) is 11.7. The van der Waals surface area contributed by atoms with Gasteiger partial charge in [0.05, 0.1) is 18.0 Å². The average molecular weight is 437 g/mol. The number of unbranched alkanes of at least 4 members (excludes halogenated alkanes) is 1. The molecular weight excluding hydrogens is 408 g/mol. The van der Waals surface area contributed by atoms with Crippen LogP contribution in [0.1, 0.15) is 49.8 Å². The third-order valence-electron chi connectivity index (χ3n) is 5.63. The summed E-state index contributed by atoms with van der Waals surface area (Å²) in [7, 11) is 0. The minimum atomic E-state index is -0.187. The highest BCUT2D eigenvalue weighted by Crippen LogP contribution is 2.28. The summed E-state index contributed by atoms with van der Waals surface area (Å²) >= 11 is 0. The third kappa shape index (κ3) is 5.60. The summed E-state index contributed by atoms with van der Waals surface area (Å²) in [5, 5.41) is 11.1. The maximum absolute atomic E-state index is 12.1. The molecule has 0 unspecified atom stereocenters. The fraction of sp³-hybridized carbons (Fsp3) is 0.435. The van der Waals surface area contributed by atoms with Gasteiger partial charge < -0.3 is 14.4 Å². The highest BCUT2D eigenvalue weighted by molar-refractivity contribution is 5.67. The van der Waals surface area contributed by atoms with Gasteiger partial charge in [0, 0.05) is 19.3 Å². The quantitative estimate of drug-likeness (QED) is 0.496. The molecule has 1 saturated heterocycles. The minimum absolute atomic E-state index is 0.187. The number of rotatable bonds is 8. The van der Waals surface area contributed by atoms with E-state index in [0.29, 0.717) is 19.1 Å². The van der Waals surface area contributed by atoms with Crippen molar-refractivity contribution in [1.82, 2.24) is 30.1 Å². The van der Waals surface area contributed by atoms with E-state index < -0.39 is 0 Å². The van der Waals surface area contributed by atoms with Crippen LogP contribution in [-0.2, 0) is 11.3 Å². The van der Waals surface area contributed by atoms with Gasteiger partial charge in [-0.1, -0.05) is 19.4 Å². The molecule has 9 nitrogen and oxygen atoms in total. The standard InChI is InChI=1S/C23H28N6O3/c1-2-3-14-31-23(30)28-12-10-18(11-13-28)19-4-5-20(24-15-19)16-32-22-8-6-21(7-9-22)29-17-25-26-27-29/h4-9,15,17-18H,2-3,10-14,16H2,1H3. The SMILES string of the molecule is CCCCOC(=O)N1CCC(c2ccc(COc3ccc(-n4cnnn4)cc3)nc2)CC1. The van der Waals surface area contributed by atoms with Crippen LogP contribution in [0.25, 0.3) is 5.69 Å². The number of nitrogens with zero attached hydrogens (tertiary/aromatic N) is 6. The molecule has 32 heavy (non-hydrogen) atoms. The number of carbonyl (C=O) groups is 1. The van der Waals surface area contributed by atoms with E-state index in [0.717, 1.165) is 55.9 Å². The van der Waals surface area contributed by atoms with Crippen LogP contribution < -0.4 is 4.74 Å². The Balaban J connectivity index is 1.23. The average Bonchev–Trinajstić information content (AvgIpc) is 3.39. The molecule has 0 radical (unpaired) electrons. The first-order chi connectivity index (χ1) is 15.7. The van der Waals surface area contributed by atoms with Crippen molar-refractivity contribution in [2.45, 2.75) is 45.1 Å². The molecule has 0 atom stereocenters. The van der Waals surface area contributed by atoms with E-state index in [-0.39, 0.29) is 6.09 Å². The van der Waals surface area contributed by atoms with Crippen molar-refractivity contribution in [3.63, 3.8) is 0 Å². The predicted octanol–water partition coefficient (Wildman–Crippen LogP) is 3.75. The summed E-state index contributed by atoms with van der Waals surface area (Å²) in [5.41, 5.74) is 2.94. The molecule has 1 amide bonds. The van der Waals surface area contributed by atoms with Gasteiger partial charge in [-0.3, -0.25) is 4.98 Å². The van der Waals surface area contributed by atoms with Crippen molar-refractivity contribution in [1.29, 1.82) is 0 Å². The van der Waals surface area contributed by atoms with E-state index in [1.165, 1.54) is 5.56 Å². The molecule has 0 spiro atoms. The molecule has 3 aromatic rings. The van der Waals surface area contributed by atoms with E-state index in [2.05, 4.69) is 33.5 Å². The van der Waals surface area contributed by atoms with Gasteiger partial charge in [0.15, 0.2) is 0 Å². The van der Waals surface area contributed by atoms with E-state index in [1.807, 2.05) is 41.4 Å². The number of hydrogen-bond donors (Lipinski definition) is 0. The van der Waals surface area contributed by atoms with Crippen LogP contribution in [0.5, 0.6) is 5.75 Å². The zero-order valence-corrected chi connectivity index (χ0v) is 18.3. The van der Waals surface area contributed by atoms with Crippen molar-refractivity contribution < 1.29 is 14.3 Å². The lowest BCUT2D eigenvalue weighted by molar-refractivity contribution is 0.0916. The first-order valence-corrected chi connectivity index (χ1v) is 11.1. The summed E-state index contributed by atoms with van der Waals surface area (Å²) in [4.78, 5) is 18.5. The zero-order valence-electron chi connectivity index (χ0n) is 18.3. The topological polar surface area (TPSA) is 95.3 Å². The minimum Gasteiger partial charge on any atom is -0.487 e. The predicted molar refractivity (Wildman–Crippen MR) is 118 cm³/mol. The van der Waals surface area contributed by atoms with Crippen LogP contribution in [0.4, 0.5) is 4.79 Å². The molecule has 4 rings (SSSR count). The Morgan fingerprint density at radius 3 is 2.59 bits per heavy atom. The van der Waals surface area contributed by atoms with Gasteiger partial charge in [0.2, 0.25) is 0 Å². The van der Waals surface area contributed by atoms with Crippen LogP contribution in [0.15, 0.2) is 48.9 Å². The molecule has 1 aliphatic rings. The highest BCUT2D eigenvalue weighted by Gasteiger charge is 2.24. The zero-order chi connectivity index (χ0) is 22.2. The Hall–Kier alpha value is -3.49. The molecule has 1 aromatic carbocycles. The Labute approximate surface area is 187 Å². The molecule has 168 valence electrons. The normalized spacial score (nSPS) is 14.3. The Morgan fingerprint density at radius 2 is 1.94 bits per heavy atom. The molecule has 9 heteroatoms. The number of piperidine rings is 1. The lowest BCUT2D eigenvalue weighted by Crippen LogP contribution is -2.38. The Bertz CT molecular complexity index is 968. The number of tetrazole rings is 1. The maximum Gasteiger partial charge on any atom is 0.409 e. The summed E-state index contributed by atoms with van der Waals surface area (Å²) < 4.78 is 12.8. The Kier molecular flexibility index (Phi) is 7.27. The van der Waals surface area contributed by atoms with Crippen LogP contribution >= 0.6 is 0 Å². The first kappa shape index (κ1) is 21.7. The fourth-order valence-corrected chi connectivity index (χ4v) is 3.69. The Morgan fingerprint density at radius 1 is 1.12 bits per heavy atom. The number of benzene rings is 1. The number of carbonyl (C=O) groups excluding carboxylic acids is 1.